The number of carbonyl (C=O) groups is 2. The molecule has 0 spiro atoms. The van der Waals surface area contributed by atoms with E-state index in [9.17, 15) is 9.59 Å². The molecule has 0 aliphatic carbocycles. The van der Waals surface area contributed by atoms with Crippen LogP contribution in [0.25, 0.3) is 32.3 Å². The Balaban J connectivity index is 1.70. The Labute approximate surface area is 168 Å². The number of nitrogens with one attached hydrogen (secondary N) is 2. The standard InChI is InChI=1S/C24H23N3O2/c1-2-7-26-14-23(28)27-22-6-5-16-9-19-8-15-3-4-17(24(25)29)10-18(15)11-20(19)12-21(16)13-22/h3-6,8-13,26H,2,7,14H2,1H3,(H2,25,29)(H,27,28). The maximum absolute atomic E-state index is 12.1. The van der Waals surface area contributed by atoms with Crippen molar-refractivity contribution in [3.05, 3.63) is 66.2 Å². The summed E-state index contributed by atoms with van der Waals surface area (Å²) < 4.78 is 0. The first-order chi connectivity index (χ1) is 14.0. The van der Waals surface area contributed by atoms with E-state index in [2.05, 4.69) is 41.8 Å². The van der Waals surface area contributed by atoms with E-state index in [1.54, 1.807) is 6.07 Å². The molecule has 0 unspecified atom stereocenters. The van der Waals surface area contributed by atoms with Crippen molar-refractivity contribution in [3.8, 4) is 0 Å². The van der Waals surface area contributed by atoms with E-state index in [0.717, 1.165) is 51.0 Å². The number of benzene rings is 4. The molecule has 4 N–H and O–H groups in total. The Morgan fingerprint density at radius 2 is 1.38 bits per heavy atom. The van der Waals surface area contributed by atoms with Crippen LogP contribution in [0.3, 0.4) is 0 Å². The summed E-state index contributed by atoms with van der Waals surface area (Å²) in [5.74, 6) is -0.483. The number of primary amides is 1. The number of hydrogen-bond acceptors (Lipinski definition) is 3. The van der Waals surface area contributed by atoms with Gasteiger partial charge in [0, 0.05) is 11.3 Å². The van der Waals surface area contributed by atoms with Crippen molar-refractivity contribution in [2.45, 2.75) is 13.3 Å². The van der Waals surface area contributed by atoms with Gasteiger partial charge in [0.25, 0.3) is 0 Å². The smallest absolute Gasteiger partial charge is 0.248 e. The average molecular weight is 385 g/mol. The Bertz CT molecular complexity index is 1250. The molecule has 0 saturated heterocycles. The van der Waals surface area contributed by atoms with Crippen molar-refractivity contribution in [2.75, 3.05) is 18.4 Å². The molecule has 0 saturated carbocycles. The van der Waals surface area contributed by atoms with Crippen LogP contribution in [0, 0.1) is 0 Å². The van der Waals surface area contributed by atoms with Crippen LogP contribution in [0.15, 0.2) is 60.7 Å². The van der Waals surface area contributed by atoms with Gasteiger partial charge in [-0.3, -0.25) is 9.59 Å². The van der Waals surface area contributed by atoms with Crippen LogP contribution in [0.2, 0.25) is 0 Å². The zero-order valence-corrected chi connectivity index (χ0v) is 16.3. The largest absolute Gasteiger partial charge is 0.366 e. The first kappa shape index (κ1) is 18.9. The molecule has 5 heteroatoms. The fourth-order valence-corrected chi connectivity index (χ4v) is 3.56. The summed E-state index contributed by atoms with van der Waals surface area (Å²) in [4.78, 5) is 23.5. The van der Waals surface area contributed by atoms with Crippen molar-refractivity contribution in [1.29, 1.82) is 0 Å². The molecule has 0 bridgehead atoms. The number of carbonyl (C=O) groups excluding carboxylic acids is 2. The fraction of sp³-hybridized carbons (Fsp3) is 0.167. The molecule has 29 heavy (non-hydrogen) atoms. The maximum Gasteiger partial charge on any atom is 0.248 e. The second-order valence-electron chi connectivity index (χ2n) is 7.26. The minimum Gasteiger partial charge on any atom is -0.366 e. The monoisotopic (exact) mass is 385 g/mol. The highest BCUT2D eigenvalue weighted by Gasteiger charge is 2.07. The molecule has 0 atom stereocenters. The number of amides is 2. The summed E-state index contributed by atoms with van der Waals surface area (Å²) in [7, 11) is 0. The van der Waals surface area contributed by atoms with Gasteiger partial charge in [0.05, 0.1) is 6.54 Å². The third-order valence-corrected chi connectivity index (χ3v) is 5.03. The number of hydrogen-bond donors (Lipinski definition) is 3. The zero-order valence-electron chi connectivity index (χ0n) is 16.3. The Morgan fingerprint density at radius 1 is 0.793 bits per heavy atom. The van der Waals surface area contributed by atoms with Crippen molar-refractivity contribution < 1.29 is 9.59 Å². The molecular formula is C24H23N3O2. The van der Waals surface area contributed by atoms with Crippen LogP contribution in [0.5, 0.6) is 0 Å². The summed E-state index contributed by atoms with van der Waals surface area (Å²) in [6, 6.07) is 19.8. The van der Waals surface area contributed by atoms with Crippen LogP contribution < -0.4 is 16.4 Å². The third-order valence-electron chi connectivity index (χ3n) is 5.03. The second kappa shape index (κ2) is 7.89. The summed E-state index contributed by atoms with van der Waals surface area (Å²) in [5, 5.41) is 12.4. The lowest BCUT2D eigenvalue weighted by Gasteiger charge is -2.09. The van der Waals surface area contributed by atoms with Crippen LogP contribution in [0.4, 0.5) is 5.69 Å². The lowest BCUT2D eigenvalue weighted by molar-refractivity contribution is -0.115. The highest BCUT2D eigenvalue weighted by Crippen LogP contribution is 2.29. The first-order valence-electron chi connectivity index (χ1n) is 9.75. The van der Waals surface area contributed by atoms with Gasteiger partial charge in [-0.05, 0) is 93.8 Å². The van der Waals surface area contributed by atoms with Crippen molar-refractivity contribution in [2.24, 2.45) is 5.73 Å². The molecule has 4 aromatic rings. The fourth-order valence-electron chi connectivity index (χ4n) is 3.56. The average Bonchev–Trinajstić information content (AvgIpc) is 2.70. The lowest BCUT2D eigenvalue weighted by atomic mass is 9.98. The lowest BCUT2D eigenvalue weighted by Crippen LogP contribution is -2.28. The van der Waals surface area contributed by atoms with E-state index in [4.69, 9.17) is 5.73 Å². The van der Waals surface area contributed by atoms with Crippen LogP contribution in [-0.2, 0) is 4.79 Å². The Kier molecular flexibility index (Phi) is 5.14. The minimum absolute atomic E-state index is 0.0523. The Hall–Kier alpha value is -3.44. The van der Waals surface area contributed by atoms with Crippen molar-refractivity contribution >= 4 is 49.8 Å². The van der Waals surface area contributed by atoms with Gasteiger partial charge in [0.15, 0.2) is 0 Å². The quantitative estimate of drug-likeness (QED) is 0.344. The third kappa shape index (κ3) is 4.05. The van der Waals surface area contributed by atoms with E-state index in [0.29, 0.717) is 12.1 Å². The van der Waals surface area contributed by atoms with E-state index in [1.165, 1.54) is 0 Å². The molecule has 146 valence electrons. The number of rotatable bonds is 6. The predicted molar refractivity (Wildman–Crippen MR) is 119 cm³/mol. The molecule has 4 aromatic carbocycles. The van der Waals surface area contributed by atoms with E-state index in [1.807, 2.05) is 30.3 Å². The second-order valence-corrected chi connectivity index (χ2v) is 7.26. The van der Waals surface area contributed by atoms with E-state index < -0.39 is 5.91 Å². The highest BCUT2D eigenvalue weighted by atomic mass is 16.2. The molecule has 0 aliphatic heterocycles. The first-order valence-corrected chi connectivity index (χ1v) is 9.75. The summed E-state index contributed by atoms with van der Waals surface area (Å²) in [5.41, 5.74) is 6.68. The van der Waals surface area contributed by atoms with Gasteiger partial charge in [-0.15, -0.1) is 0 Å². The maximum atomic E-state index is 12.1. The highest BCUT2D eigenvalue weighted by molar-refractivity contribution is 6.07. The zero-order chi connectivity index (χ0) is 20.4. The molecule has 4 rings (SSSR count). The van der Waals surface area contributed by atoms with Gasteiger partial charge in [-0.25, -0.2) is 0 Å². The number of nitrogens with two attached hydrogens (primary N) is 1. The summed E-state index contributed by atoms with van der Waals surface area (Å²) in [6.07, 6.45) is 0.992. The van der Waals surface area contributed by atoms with Gasteiger partial charge in [-0.1, -0.05) is 19.1 Å². The van der Waals surface area contributed by atoms with Gasteiger partial charge in [0.2, 0.25) is 11.8 Å². The number of fused-ring (bicyclic) bond motifs is 3. The van der Waals surface area contributed by atoms with Crippen molar-refractivity contribution in [1.82, 2.24) is 5.32 Å². The van der Waals surface area contributed by atoms with Crippen LogP contribution >= 0.6 is 0 Å². The summed E-state index contributed by atoms with van der Waals surface area (Å²) in [6.45, 7) is 3.19. The predicted octanol–water partition coefficient (Wildman–Crippen LogP) is 4.18. The van der Waals surface area contributed by atoms with E-state index in [-0.39, 0.29) is 5.91 Å². The van der Waals surface area contributed by atoms with Gasteiger partial charge in [-0.2, -0.15) is 0 Å². The van der Waals surface area contributed by atoms with E-state index >= 15 is 0 Å². The van der Waals surface area contributed by atoms with Crippen LogP contribution in [0.1, 0.15) is 23.7 Å². The normalized spacial score (nSPS) is 11.2. The van der Waals surface area contributed by atoms with Gasteiger partial charge in [0.1, 0.15) is 0 Å². The molecule has 0 aromatic heterocycles. The SMILES string of the molecule is CCCNCC(=O)Nc1ccc2cc3cc4ccc(C(N)=O)cc4cc3cc2c1. The Morgan fingerprint density at radius 3 is 2.03 bits per heavy atom. The van der Waals surface area contributed by atoms with Gasteiger partial charge >= 0.3 is 0 Å². The van der Waals surface area contributed by atoms with Gasteiger partial charge < -0.3 is 16.4 Å². The molecule has 0 radical (unpaired) electrons. The number of anilines is 1. The van der Waals surface area contributed by atoms with Crippen molar-refractivity contribution in [3.63, 3.8) is 0 Å². The molecule has 0 heterocycles. The molecule has 0 fully saturated rings. The summed E-state index contributed by atoms with van der Waals surface area (Å²) >= 11 is 0. The van der Waals surface area contributed by atoms with Crippen LogP contribution in [-0.4, -0.2) is 24.9 Å². The molecule has 2 amide bonds. The minimum atomic E-state index is -0.431. The molecular weight excluding hydrogens is 362 g/mol. The molecule has 5 nitrogen and oxygen atoms in total. The topological polar surface area (TPSA) is 84.2 Å². The molecule has 0 aliphatic rings.